The van der Waals surface area contributed by atoms with Crippen LogP contribution >= 0.6 is 0 Å². The molecule has 0 fully saturated rings. The van der Waals surface area contributed by atoms with Gasteiger partial charge in [0.05, 0.1) is 5.69 Å². The van der Waals surface area contributed by atoms with Gasteiger partial charge in [-0.05, 0) is 69.2 Å². The fourth-order valence-electron chi connectivity index (χ4n) is 3.23. The first-order chi connectivity index (χ1) is 12.8. The first-order valence-electron chi connectivity index (χ1n) is 8.75. The highest BCUT2D eigenvalue weighted by Gasteiger charge is 2.33. The summed E-state index contributed by atoms with van der Waals surface area (Å²) in [6.45, 7) is 6.88. The van der Waals surface area contributed by atoms with Crippen molar-refractivity contribution in [3.05, 3.63) is 53.1 Å². The van der Waals surface area contributed by atoms with Gasteiger partial charge in [-0.25, -0.2) is 0 Å². The third-order valence-electron chi connectivity index (χ3n) is 4.50. The number of carbonyl (C=O) groups is 3. The minimum atomic E-state index is -0.761. The van der Waals surface area contributed by atoms with E-state index in [1.54, 1.807) is 25.1 Å². The Bertz CT molecular complexity index is 916. The summed E-state index contributed by atoms with van der Waals surface area (Å²) < 4.78 is 5.45. The predicted molar refractivity (Wildman–Crippen MR) is 103 cm³/mol. The number of hydrogen-bond donors (Lipinski definition) is 1. The van der Waals surface area contributed by atoms with Gasteiger partial charge in [-0.3, -0.25) is 19.3 Å². The van der Waals surface area contributed by atoms with Crippen molar-refractivity contribution in [3.63, 3.8) is 0 Å². The maximum atomic E-state index is 12.8. The van der Waals surface area contributed by atoms with E-state index in [-0.39, 0.29) is 24.2 Å². The quantitative estimate of drug-likeness (QED) is 0.843. The van der Waals surface area contributed by atoms with Crippen LogP contribution in [0.4, 0.5) is 11.4 Å². The van der Waals surface area contributed by atoms with Crippen LogP contribution in [0, 0.1) is 13.8 Å². The van der Waals surface area contributed by atoms with Crippen LogP contribution in [-0.4, -0.2) is 30.2 Å². The maximum Gasteiger partial charge on any atom is 0.265 e. The molecule has 6 heteroatoms. The molecule has 0 saturated heterocycles. The van der Waals surface area contributed by atoms with E-state index in [1.165, 1.54) is 11.8 Å². The number of carbonyl (C=O) groups excluding carboxylic acids is 3. The standard InChI is InChI=1S/C21H22N2O4/c1-12-7-13(2)9-17(8-12)22-21(26)14(3)23-18-10-16(15(4)24)5-6-19(18)27-11-20(23)25/h5-10,14H,11H2,1-4H3,(H,22,26). The lowest BCUT2D eigenvalue weighted by atomic mass is 10.1. The monoisotopic (exact) mass is 366 g/mol. The lowest BCUT2D eigenvalue weighted by molar-refractivity contribution is -0.125. The Morgan fingerprint density at radius 2 is 1.78 bits per heavy atom. The second-order valence-corrected chi connectivity index (χ2v) is 6.83. The Labute approximate surface area is 158 Å². The maximum absolute atomic E-state index is 12.8. The van der Waals surface area contributed by atoms with Crippen molar-refractivity contribution in [2.75, 3.05) is 16.8 Å². The fourth-order valence-corrected chi connectivity index (χ4v) is 3.23. The summed E-state index contributed by atoms with van der Waals surface area (Å²) >= 11 is 0. The van der Waals surface area contributed by atoms with Crippen LogP contribution in [-0.2, 0) is 9.59 Å². The van der Waals surface area contributed by atoms with Crippen LogP contribution in [0.1, 0.15) is 35.3 Å². The van der Waals surface area contributed by atoms with Gasteiger partial charge in [-0.1, -0.05) is 6.07 Å². The average molecular weight is 366 g/mol. The van der Waals surface area contributed by atoms with Crippen LogP contribution in [0.3, 0.4) is 0 Å². The molecule has 0 bridgehead atoms. The molecular formula is C21H22N2O4. The minimum absolute atomic E-state index is 0.122. The molecule has 2 aromatic carbocycles. The van der Waals surface area contributed by atoms with Gasteiger partial charge in [-0.15, -0.1) is 0 Å². The smallest absolute Gasteiger partial charge is 0.265 e. The summed E-state index contributed by atoms with van der Waals surface area (Å²) in [5, 5.41) is 2.87. The van der Waals surface area contributed by atoms with E-state index in [0.717, 1.165) is 11.1 Å². The van der Waals surface area contributed by atoms with Crippen LogP contribution in [0.2, 0.25) is 0 Å². The third kappa shape index (κ3) is 3.84. The molecule has 140 valence electrons. The molecule has 0 saturated carbocycles. The molecule has 1 aliphatic rings. The molecule has 0 radical (unpaired) electrons. The van der Waals surface area contributed by atoms with Crippen molar-refractivity contribution in [1.29, 1.82) is 0 Å². The lowest BCUT2D eigenvalue weighted by Crippen LogP contribution is -2.49. The summed E-state index contributed by atoms with van der Waals surface area (Å²) in [5.41, 5.74) is 3.65. The van der Waals surface area contributed by atoms with Gasteiger partial charge in [0, 0.05) is 11.3 Å². The highest BCUT2D eigenvalue weighted by Crippen LogP contribution is 2.34. The molecule has 2 amide bonds. The molecule has 0 spiro atoms. The normalized spacial score (nSPS) is 14.2. The van der Waals surface area contributed by atoms with E-state index >= 15 is 0 Å². The zero-order valence-electron chi connectivity index (χ0n) is 15.8. The summed E-state index contributed by atoms with van der Waals surface area (Å²) in [5.74, 6) is -0.283. The van der Waals surface area contributed by atoms with Crippen molar-refractivity contribution >= 4 is 29.0 Å². The molecule has 1 aliphatic heterocycles. The zero-order valence-corrected chi connectivity index (χ0v) is 15.8. The number of amides is 2. The first kappa shape index (κ1) is 18.6. The molecule has 1 heterocycles. The summed E-state index contributed by atoms with van der Waals surface area (Å²) in [4.78, 5) is 38.4. The first-order valence-corrected chi connectivity index (χ1v) is 8.75. The van der Waals surface area contributed by atoms with E-state index < -0.39 is 6.04 Å². The fraction of sp³-hybridized carbons (Fsp3) is 0.286. The Balaban J connectivity index is 1.90. The van der Waals surface area contributed by atoms with Crippen molar-refractivity contribution < 1.29 is 19.1 Å². The van der Waals surface area contributed by atoms with Gasteiger partial charge >= 0.3 is 0 Å². The van der Waals surface area contributed by atoms with Crippen LogP contribution in [0.15, 0.2) is 36.4 Å². The van der Waals surface area contributed by atoms with E-state index in [1.807, 2.05) is 32.0 Å². The second kappa shape index (κ2) is 7.23. The molecule has 2 aromatic rings. The number of Topliss-reactive ketones (excluding diaryl/α,β-unsaturated/α-hetero) is 1. The molecule has 0 aromatic heterocycles. The number of benzene rings is 2. The minimum Gasteiger partial charge on any atom is -0.482 e. The number of fused-ring (bicyclic) bond motifs is 1. The molecule has 1 unspecified atom stereocenters. The van der Waals surface area contributed by atoms with Crippen LogP contribution in [0.25, 0.3) is 0 Å². The Kier molecular flexibility index (Phi) is 4.99. The molecular weight excluding hydrogens is 344 g/mol. The van der Waals surface area contributed by atoms with Gasteiger partial charge in [0.1, 0.15) is 11.8 Å². The molecule has 1 atom stereocenters. The number of nitrogens with zero attached hydrogens (tertiary/aromatic N) is 1. The largest absolute Gasteiger partial charge is 0.482 e. The van der Waals surface area contributed by atoms with Crippen molar-refractivity contribution in [2.45, 2.75) is 33.7 Å². The Morgan fingerprint density at radius 1 is 1.11 bits per heavy atom. The SMILES string of the molecule is CC(=O)c1ccc2c(c1)N(C(C)C(=O)Nc1cc(C)cc(C)c1)C(=O)CO2. The van der Waals surface area contributed by atoms with Gasteiger partial charge < -0.3 is 10.1 Å². The Morgan fingerprint density at radius 3 is 2.41 bits per heavy atom. The van der Waals surface area contributed by atoms with Crippen LogP contribution < -0.4 is 15.0 Å². The molecule has 0 aliphatic carbocycles. The molecule has 3 rings (SSSR count). The number of nitrogens with one attached hydrogen (secondary N) is 1. The van der Waals surface area contributed by atoms with E-state index in [0.29, 0.717) is 22.7 Å². The summed E-state index contributed by atoms with van der Waals surface area (Å²) in [7, 11) is 0. The topological polar surface area (TPSA) is 75.7 Å². The van der Waals surface area contributed by atoms with Gasteiger partial charge in [0.2, 0.25) is 5.91 Å². The average Bonchev–Trinajstić information content (AvgIpc) is 2.59. The van der Waals surface area contributed by atoms with Gasteiger partial charge in [0.15, 0.2) is 12.4 Å². The van der Waals surface area contributed by atoms with E-state index in [9.17, 15) is 14.4 Å². The molecule has 1 N–H and O–H groups in total. The lowest BCUT2D eigenvalue weighted by Gasteiger charge is -2.33. The van der Waals surface area contributed by atoms with Crippen molar-refractivity contribution in [3.8, 4) is 5.75 Å². The van der Waals surface area contributed by atoms with E-state index in [2.05, 4.69) is 5.32 Å². The number of hydrogen-bond acceptors (Lipinski definition) is 4. The highest BCUT2D eigenvalue weighted by molar-refractivity contribution is 6.07. The van der Waals surface area contributed by atoms with Gasteiger partial charge in [-0.2, -0.15) is 0 Å². The number of anilines is 2. The predicted octanol–water partition coefficient (Wildman–Crippen LogP) is 3.26. The van der Waals surface area contributed by atoms with Gasteiger partial charge in [0.25, 0.3) is 5.91 Å². The van der Waals surface area contributed by atoms with Crippen molar-refractivity contribution in [1.82, 2.24) is 0 Å². The molecule has 6 nitrogen and oxygen atoms in total. The summed E-state index contributed by atoms with van der Waals surface area (Å²) in [6.07, 6.45) is 0. The summed E-state index contributed by atoms with van der Waals surface area (Å²) in [6, 6.07) is 9.90. The zero-order chi connectivity index (χ0) is 19.7. The number of ether oxygens (including phenoxy) is 1. The number of aryl methyl sites for hydroxylation is 2. The number of ketones is 1. The van der Waals surface area contributed by atoms with Crippen LogP contribution in [0.5, 0.6) is 5.75 Å². The van der Waals surface area contributed by atoms with Crippen molar-refractivity contribution in [2.24, 2.45) is 0 Å². The molecule has 27 heavy (non-hydrogen) atoms. The Hall–Kier alpha value is -3.15. The highest BCUT2D eigenvalue weighted by atomic mass is 16.5. The van der Waals surface area contributed by atoms with E-state index in [4.69, 9.17) is 4.74 Å². The number of rotatable bonds is 4. The third-order valence-corrected chi connectivity index (χ3v) is 4.50. The second-order valence-electron chi connectivity index (χ2n) is 6.83.